The van der Waals surface area contributed by atoms with Crippen LogP contribution in [0.25, 0.3) is 0 Å². The molecule has 0 spiro atoms. The lowest BCUT2D eigenvalue weighted by Crippen LogP contribution is -2.38. The number of carbonyl (C=O) groups excluding carboxylic acids is 1. The molecule has 0 unspecified atom stereocenters. The average Bonchev–Trinajstić information content (AvgIpc) is 2.66. The first-order valence-corrected chi connectivity index (χ1v) is 7.52. The summed E-state index contributed by atoms with van der Waals surface area (Å²) in [6.45, 7) is -0.269. The summed E-state index contributed by atoms with van der Waals surface area (Å²) in [6.07, 6.45) is 5.12. The number of amides is 1. The number of aromatic amines is 1. The molecule has 0 aliphatic carbocycles. The number of carbonyl (C=O) groups is 1. The molecular weight excluding hydrogens is 352 g/mol. The number of hydrogen-bond donors (Lipinski definition) is 3. The molecule has 9 heteroatoms. The molecule has 27 heavy (non-hydrogen) atoms. The molecule has 2 rings (SSSR count). The standard InChI is InChI=1S/C18H16N4O5/c1-4-9-22-17(24)15(16(19)21-18(22)25)20-14(23)8-6-11-5-7-12(26-2)13(10-11)27-3/h1,5,7,10H,9,19H2,2-3H3,(H,20,23)(H,21,25). The molecule has 0 saturated heterocycles. The third kappa shape index (κ3) is 4.30. The third-order valence-corrected chi connectivity index (χ3v) is 3.41. The van der Waals surface area contributed by atoms with E-state index >= 15 is 0 Å². The Hall–Kier alpha value is -4.11. The number of rotatable bonds is 4. The van der Waals surface area contributed by atoms with Gasteiger partial charge in [-0.1, -0.05) is 11.8 Å². The van der Waals surface area contributed by atoms with Gasteiger partial charge in [0.2, 0.25) is 0 Å². The van der Waals surface area contributed by atoms with Gasteiger partial charge in [0.15, 0.2) is 11.5 Å². The quantitative estimate of drug-likeness (QED) is 0.639. The topological polar surface area (TPSA) is 128 Å². The number of terminal acetylenes is 1. The maximum Gasteiger partial charge on any atom is 0.330 e. The van der Waals surface area contributed by atoms with Crippen molar-refractivity contribution in [3.8, 4) is 35.7 Å². The predicted molar refractivity (Wildman–Crippen MR) is 99.6 cm³/mol. The van der Waals surface area contributed by atoms with E-state index in [9.17, 15) is 14.4 Å². The highest BCUT2D eigenvalue weighted by molar-refractivity contribution is 6.05. The SMILES string of the molecule is C#CCn1c(=O)[nH]c(N)c(NC(=O)C#Cc2ccc(OC)c(OC)c2)c1=O. The van der Waals surface area contributed by atoms with Crippen LogP contribution in [0, 0.1) is 24.2 Å². The monoisotopic (exact) mass is 368 g/mol. The van der Waals surface area contributed by atoms with E-state index in [1.165, 1.54) is 14.2 Å². The van der Waals surface area contributed by atoms with Crippen LogP contribution in [0.3, 0.4) is 0 Å². The van der Waals surface area contributed by atoms with Gasteiger partial charge in [0.1, 0.15) is 11.5 Å². The van der Waals surface area contributed by atoms with Crippen LogP contribution in [0.2, 0.25) is 0 Å². The fraction of sp³-hybridized carbons (Fsp3) is 0.167. The Labute approximate surface area is 154 Å². The Kier molecular flexibility index (Phi) is 5.92. The smallest absolute Gasteiger partial charge is 0.330 e. The average molecular weight is 368 g/mol. The van der Waals surface area contributed by atoms with Crippen LogP contribution in [-0.2, 0) is 11.3 Å². The van der Waals surface area contributed by atoms with E-state index < -0.39 is 17.2 Å². The summed E-state index contributed by atoms with van der Waals surface area (Å²) < 4.78 is 11.0. The molecule has 0 aliphatic rings. The Morgan fingerprint density at radius 3 is 2.63 bits per heavy atom. The van der Waals surface area contributed by atoms with Crippen LogP contribution in [-0.4, -0.2) is 29.7 Å². The Balaban J connectivity index is 2.29. The van der Waals surface area contributed by atoms with Crippen molar-refractivity contribution in [3.63, 3.8) is 0 Å². The Morgan fingerprint density at radius 1 is 1.30 bits per heavy atom. The number of nitrogens with one attached hydrogen (secondary N) is 2. The van der Waals surface area contributed by atoms with Crippen LogP contribution < -0.4 is 31.8 Å². The summed E-state index contributed by atoms with van der Waals surface area (Å²) in [7, 11) is 2.97. The van der Waals surface area contributed by atoms with Crippen molar-refractivity contribution in [3.05, 3.63) is 44.6 Å². The number of hydrogen-bond acceptors (Lipinski definition) is 6. The molecule has 1 heterocycles. The van der Waals surface area contributed by atoms with Crippen molar-refractivity contribution in [2.75, 3.05) is 25.3 Å². The van der Waals surface area contributed by atoms with Crippen LogP contribution >= 0.6 is 0 Å². The van der Waals surface area contributed by atoms with Crippen LogP contribution in [0.5, 0.6) is 11.5 Å². The predicted octanol–water partition coefficient (Wildman–Crippen LogP) is -0.241. The van der Waals surface area contributed by atoms with Gasteiger partial charge in [0.25, 0.3) is 5.56 Å². The van der Waals surface area contributed by atoms with E-state index in [-0.39, 0.29) is 18.1 Å². The molecule has 1 aromatic carbocycles. The van der Waals surface area contributed by atoms with Crippen LogP contribution in [0.1, 0.15) is 5.56 Å². The molecule has 0 fully saturated rings. The summed E-state index contributed by atoms with van der Waals surface area (Å²) in [5, 5.41) is 2.26. The first-order valence-electron chi connectivity index (χ1n) is 7.52. The van der Waals surface area contributed by atoms with Gasteiger partial charge in [-0.05, 0) is 18.2 Å². The Morgan fingerprint density at radius 2 is 2.00 bits per heavy atom. The molecule has 4 N–H and O–H groups in total. The van der Waals surface area contributed by atoms with Gasteiger partial charge in [0, 0.05) is 11.5 Å². The molecule has 0 atom stereocenters. The maximum absolute atomic E-state index is 12.2. The van der Waals surface area contributed by atoms with E-state index in [1.54, 1.807) is 18.2 Å². The van der Waals surface area contributed by atoms with Crippen LogP contribution in [0.4, 0.5) is 11.5 Å². The highest BCUT2D eigenvalue weighted by atomic mass is 16.5. The van der Waals surface area contributed by atoms with Crippen molar-refractivity contribution in [2.45, 2.75) is 6.54 Å². The largest absolute Gasteiger partial charge is 0.493 e. The van der Waals surface area contributed by atoms with Crippen molar-refractivity contribution >= 4 is 17.4 Å². The zero-order chi connectivity index (χ0) is 20.0. The first-order chi connectivity index (χ1) is 12.9. The molecule has 0 bridgehead atoms. The minimum Gasteiger partial charge on any atom is -0.493 e. The lowest BCUT2D eigenvalue weighted by atomic mass is 10.2. The molecule has 1 aromatic heterocycles. The fourth-order valence-corrected chi connectivity index (χ4v) is 2.13. The van der Waals surface area contributed by atoms with Gasteiger partial charge in [0.05, 0.1) is 20.8 Å². The molecule has 2 aromatic rings. The van der Waals surface area contributed by atoms with Gasteiger partial charge < -0.3 is 20.5 Å². The number of aromatic nitrogens is 2. The van der Waals surface area contributed by atoms with E-state index in [1.807, 2.05) is 0 Å². The molecule has 0 saturated carbocycles. The molecule has 9 nitrogen and oxygen atoms in total. The second kappa shape index (κ2) is 8.32. The molecular formula is C18H16N4O5. The zero-order valence-electron chi connectivity index (χ0n) is 14.6. The lowest BCUT2D eigenvalue weighted by Gasteiger charge is -2.07. The number of benzene rings is 1. The summed E-state index contributed by atoms with van der Waals surface area (Å²) in [6, 6.07) is 4.86. The zero-order valence-corrected chi connectivity index (χ0v) is 14.6. The molecule has 1 amide bonds. The van der Waals surface area contributed by atoms with E-state index in [2.05, 4.69) is 28.1 Å². The minimum absolute atomic E-state index is 0.269. The summed E-state index contributed by atoms with van der Waals surface area (Å²) >= 11 is 0. The van der Waals surface area contributed by atoms with E-state index in [4.69, 9.17) is 21.6 Å². The minimum atomic E-state index is -0.824. The third-order valence-electron chi connectivity index (χ3n) is 3.41. The van der Waals surface area contributed by atoms with Crippen molar-refractivity contribution in [2.24, 2.45) is 0 Å². The number of nitrogens with zero attached hydrogens (tertiary/aromatic N) is 1. The van der Waals surface area contributed by atoms with Crippen molar-refractivity contribution in [1.29, 1.82) is 0 Å². The number of anilines is 2. The number of H-pyrrole nitrogens is 1. The summed E-state index contributed by atoms with van der Waals surface area (Å²) in [4.78, 5) is 38.2. The highest BCUT2D eigenvalue weighted by Gasteiger charge is 2.13. The normalized spacial score (nSPS) is 9.52. The number of ether oxygens (including phenoxy) is 2. The van der Waals surface area contributed by atoms with Gasteiger partial charge in [-0.3, -0.25) is 14.6 Å². The number of nitrogen functional groups attached to an aromatic ring is 1. The number of methoxy groups -OCH3 is 2. The molecule has 0 aliphatic heterocycles. The highest BCUT2D eigenvalue weighted by Crippen LogP contribution is 2.27. The Bertz CT molecular complexity index is 1100. The maximum atomic E-state index is 12.2. The fourth-order valence-electron chi connectivity index (χ4n) is 2.13. The second-order valence-corrected chi connectivity index (χ2v) is 5.09. The van der Waals surface area contributed by atoms with E-state index in [0.717, 1.165) is 4.57 Å². The lowest BCUT2D eigenvalue weighted by molar-refractivity contribution is -0.111. The first kappa shape index (κ1) is 19.2. The molecule has 138 valence electrons. The van der Waals surface area contributed by atoms with Crippen molar-refractivity contribution in [1.82, 2.24) is 9.55 Å². The van der Waals surface area contributed by atoms with Gasteiger partial charge >= 0.3 is 11.6 Å². The summed E-state index contributed by atoms with van der Waals surface area (Å²) in [5.41, 5.74) is 4.18. The molecule has 0 radical (unpaired) electrons. The van der Waals surface area contributed by atoms with E-state index in [0.29, 0.717) is 17.1 Å². The number of nitrogens with two attached hydrogens (primary N) is 1. The van der Waals surface area contributed by atoms with Crippen LogP contribution in [0.15, 0.2) is 27.8 Å². The summed E-state index contributed by atoms with van der Waals surface area (Å²) in [5.74, 6) is 7.00. The van der Waals surface area contributed by atoms with Gasteiger partial charge in [-0.25, -0.2) is 9.36 Å². The van der Waals surface area contributed by atoms with Gasteiger partial charge in [-0.2, -0.15) is 0 Å². The second-order valence-electron chi connectivity index (χ2n) is 5.09. The van der Waals surface area contributed by atoms with Crippen molar-refractivity contribution < 1.29 is 14.3 Å². The van der Waals surface area contributed by atoms with Gasteiger partial charge in [-0.15, -0.1) is 6.42 Å².